The van der Waals surface area contributed by atoms with Gasteiger partial charge in [0.2, 0.25) is 0 Å². The van der Waals surface area contributed by atoms with E-state index in [1.165, 1.54) is 0 Å². The fourth-order valence-corrected chi connectivity index (χ4v) is 1.69. The van der Waals surface area contributed by atoms with Crippen molar-refractivity contribution in [3.8, 4) is 0 Å². The summed E-state index contributed by atoms with van der Waals surface area (Å²) in [6, 6.07) is 0. The Kier molecular flexibility index (Phi) is 4.85. The Hall–Kier alpha value is -0.120. The highest BCUT2D eigenvalue weighted by molar-refractivity contribution is 4.96. The lowest BCUT2D eigenvalue weighted by atomic mass is 10.2. The van der Waals surface area contributed by atoms with Crippen LogP contribution in [0.3, 0.4) is 0 Å². The van der Waals surface area contributed by atoms with Crippen molar-refractivity contribution in [1.82, 2.24) is 0 Å². The van der Waals surface area contributed by atoms with Crippen LogP contribution in [0.25, 0.3) is 0 Å². The van der Waals surface area contributed by atoms with Gasteiger partial charge in [0.1, 0.15) is 0 Å². The second kappa shape index (κ2) is 5.69. The molecule has 0 aromatic carbocycles. The summed E-state index contributed by atoms with van der Waals surface area (Å²) in [5.74, 6) is 0. The van der Waals surface area contributed by atoms with E-state index in [1.54, 1.807) is 0 Å². The zero-order valence-electron chi connectivity index (χ0n) is 9.54. The Morgan fingerprint density at radius 3 is 1.93 bits per heavy atom. The molecule has 0 amide bonds. The summed E-state index contributed by atoms with van der Waals surface area (Å²) in [6.07, 6.45) is 3.09. The van der Waals surface area contributed by atoms with E-state index in [1.807, 2.05) is 20.8 Å². The Bertz CT molecular complexity index is 149. The van der Waals surface area contributed by atoms with Gasteiger partial charge in [-0.05, 0) is 33.6 Å². The fraction of sp³-hybridized carbons (Fsp3) is 1.00. The van der Waals surface area contributed by atoms with Gasteiger partial charge in [-0.3, -0.25) is 0 Å². The number of ether oxygens (including phenoxy) is 3. The first-order valence-corrected chi connectivity index (χ1v) is 5.63. The van der Waals surface area contributed by atoms with Crippen molar-refractivity contribution in [3.05, 3.63) is 0 Å². The summed E-state index contributed by atoms with van der Waals surface area (Å²) in [5, 5.41) is 0. The molecule has 3 heteroatoms. The lowest BCUT2D eigenvalue weighted by molar-refractivity contribution is -0.161. The Balaban J connectivity index is 2.30. The summed E-state index contributed by atoms with van der Waals surface area (Å²) in [6.45, 7) is 8.21. The molecule has 0 radical (unpaired) electrons. The highest BCUT2D eigenvalue weighted by Gasteiger charge is 2.45. The van der Waals surface area contributed by atoms with E-state index in [4.69, 9.17) is 14.2 Å². The Morgan fingerprint density at radius 2 is 1.57 bits per heavy atom. The average Bonchev–Trinajstić information content (AvgIpc) is 2.86. The van der Waals surface area contributed by atoms with Gasteiger partial charge in [0, 0.05) is 26.2 Å². The van der Waals surface area contributed by atoms with Gasteiger partial charge >= 0.3 is 0 Å². The van der Waals surface area contributed by atoms with E-state index in [0.29, 0.717) is 13.2 Å². The maximum atomic E-state index is 5.70. The molecule has 0 N–H and O–H groups in total. The maximum Gasteiger partial charge on any atom is 0.160 e. The maximum absolute atomic E-state index is 5.70. The summed E-state index contributed by atoms with van der Waals surface area (Å²) >= 11 is 0. The van der Waals surface area contributed by atoms with Gasteiger partial charge in [0.15, 0.2) is 6.29 Å². The van der Waals surface area contributed by atoms with Crippen LogP contribution in [0.1, 0.15) is 40.0 Å². The zero-order valence-corrected chi connectivity index (χ0v) is 9.54. The zero-order chi connectivity index (χ0) is 10.4. The van der Waals surface area contributed by atoms with Crippen molar-refractivity contribution in [1.29, 1.82) is 0 Å². The average molecular weight is 202 g/mol. The van der Waals surface area contributed by atoms with Gasteiger partial charge in [-0.15, -0.1) is 0 Å². The third-order valence-corrected chi connectivity index (χ3v) is 2.50. The van der Waals surface area contributed by atoms with Crippen LogP contribution < -0.4 is 0 Å². The van der Waals surface area contributed by atoms with Gasteiger partial charge in [-0.1, -0.05) is 0 Å². The van der Waals surface area contributed by atoms with Crippen LogP contribution in [0.5, 0.6) is 0 Å². The van der Waals surface area contributed by atoms with Gasteiger partial charge in [-0.25, -0.2) is 0 Å². The van der Waals surface area contributed by atoms with Gasteiger partial charge in [-0.2, -0.15) is 0 Å². The summed E-state index contributed by atoms with van der Waals surface area (Å²) < 4.78 is 16.7. The van der Waals surface area contributed by atoms with E-state index in [-0.39, 0.29) is 11.9 Å². The highest BCUT2D eigenvalue weighted by atomic mass is 16.7. The number of rotatable bonds is 8. The van der Waals surface area contributed by atoms with Crippen LogP contribution in [0.15, 0.2) is 0 Å². The predicted molar refractivity (Wildman–Crippen MR) is 55.2 cm³/mol. The summed E-state index contributed by atoms with van der Waals surface area (Å²) in [4.78, 5) is 0. The molecule has 0 spiro atoms. The first kappa shape index (κ1) is 12.0. The van der Waals surface area contributed by atoms with Crippen LogP contribution in [-0.2, 0) is 14.2 Å². The van der Waals surface area contributed by atoms with E-state index in [2.05, 4.69) is 0 Å². The molecule has 14 heavy (non-hydrogen) atoms. The smallest absolute Gasteiger partial charge is 0.160 e. The molecule has 3 nitrogen and oxygen atoms in total. The molecule has 1 fully saturated rings. The van der Waals surface area contributed by atoms with Gasteiger partial charge < -0.3 is 14.2 Å². The molecule has 0 atom stereocenters. The summed E-state index contributed by atoms with van der Waals surface area (Å²) in [5.41, 5.74) is 0.0732. The van der Waals surface area contributed by atoms with Crippen LogP contribution in [-0.4, -0.2) is 31.7 Å². The molecule has 1 aliphatic carbocycles. The molecule has 0 aromatic rings. The Morgan fingerprint density at radius 1 is 1.00 bits per heavy atom. The standard InChI is InChI=1S/C11H22O3/c1-4-12-10(13-5-2)9-11(7-8-11)14-6-3/h10H,4-9H2,1-3H3. The highest BCUT2D eigenvalue weighted by Crippen LogP contribution is 2.44. The van der Waals surface area contributed by atoms with E-state index in [0.717, 1.165) is 25.9 Å². The quantitative estimate of drug-likeness (QED) is 0.565. The van der Waals surface area contributed by atoms with Crippen LogP contribution >= 0.6 is 0 Å². The summed E-state index contributed by atoms with van der Waals surface area (Å²) in [7, 11) is 0. The normalized spacial score (nSPS) is 18.9. The second-order valence-electron chi connectivity index (χ2n) is 3.66. The van der Waals surface area contributed by atoms with Crippen molar-refractivity contribution in [3.63, 3.8) is 0 Å². The monoisotopic (exact) mass is 202 g/mol. The third kappa shape index (κ3) is 3.56. The first-order valence-electron chi connectivity index (χ1n) is 5.63. The van der Waals surface area contributed by atoms with Crippen molar-refractivity contribution in [2.45, 2.75) is 51.9 Å². The van der Waals surface area contributed by atoms with E-state index < -0.39 is 0 Å². The van der Waals surface area contributed by atoms with Crippen molar-refractivity contribution in [2.75, 3.05) is 19.8 Å². The van der Waals surface area contributed by atoms with Crippen molar-refractivity contribution in [2.24, 2.45) is 0 Å². The lowest BCUT2D eigenvalue weighted by Crippen LogP contribution is -2.27. The molecule has 0 aromatic heterocycles. The first-order chi connectivity index (χ1) is 6.76. The molecule has 0 bridgehead atoms. The topological polar surface area (TPSA) is 27.7 Å². The minimum Gasteiger partial charge on any atom is -0.375 e. The third-order valence-electron chi connectivity index (χ3n) is 2.50. The second-order valence-corrected chi connectivity index (χ2v) is 3.66. The van der Waals surface area contributed by atoms with Crippen LogP contribution in [0, 0.1) is 0 Å². The number of hydrogen-bond acceptors (Lipinski definition) is 3. The van der Waals surface area contributed by atoms with Crippen molar-refractivity contribution >= 4 is 0 Å². The minimum absolute atomic E-state index is 0.0732. The molecule has 84 valence electrons. The fourth-order valence-electron chi connectivity index (χ4n) is 1.69. The SMILES string of the molecule is CCOC(CC1(OCC)CC1)OCC. The Labute approximate surface area is 86.7 Å². The molecule has 1 rings (SSSR count). The molecular formula is C11H22O3. The molecule has 0 heterocycles. The van der Waals surface area contributed by atoms with E-state index in [9.17, 15) is 0 Å². The van der Waals surface area contributed by atoms with E-state index >= 15 is 0 Å². The van der Waals surface area contributed by atoms with Gasteiger partial charge in [0.25, 0.3) is 0 Å². The molecule has 0 saturated heterocycles. The van der Waals surface area contributed by atoms with Crippen molar-refractivity contribution < 1.29 is 14.2 Å². The minimum atomic E-state index is -0.0842. The number of hydrogen-bond donors (Lipinski definition) is 0. The molecule has 0 aliphatic heterocycles. The predicted octanol–water partition coefficient (Wildman–Crippen LogP) is 2.34. The molecular weight excluding hydrogens is 180 g/mol. The lowest BCUT2D eigenvalue weighted by Gasteiger charge is -2.22. The van der Waals surface area contributed by atoms with Crippen LogP contribution in [0.4, 0.5) is 0 Å². The van der Waals surface area contributed by atoms with Gasteiger partial charge in [0.05, 0.1) is 5.60 Å². The molecule has 1 aliphatic rings. The largest absolute Gasteiger partial charge is 0.375 e. The molecule has 0 unspecified atom stereocenters. The van der Waals surface area contributed by atoms with Crippen LogP contribution in [0.2, 0.25) is 0 Å². The molecule has 1 saturated carbocycles.